The molecule has 2 heterocycles. The minimum Gasteiger partial charge on any atom is -0.353 e. The van der Waals surface area contributed by atoms with Crippen LogP contribution in [-0.2, 0) is 6.42 Å². The molecule has 1 aromatic heterocycles. The zero-order chi connectivity index (χ0) is 24.2. The van der Waals surface area contributed by atoms with Crippen molar-refractivity contribution in [1.82, 2.24) is 14.9 Å². The van der Waals surface area contributed by atoms with Crippen LogP contribution < -0.4 is 4.90 Å². The van der Waals surface area contributed by atoms with E-state index in [0.717, 1.165) is 64.1 Å². The van der Waals surface area contributed by atoms with Gasteiger partial charge in [0.15, 0.2) is 5.82 Å². The van der Waals surface area contributed by atoms with Crippen LogP contribution in [0.3, 0.4) is 0 Å². The van der Waals surface area contributed by atoms with Gasteiger partial charge in [-0.25, -0.2) is 9.97 Å². The van der Waals surface area contributed by atoms with Crippen LogP contribution in [0, 0.1) is 6.92 Å². The molecule has 35 heavy (non-hydrogen) atoms. The summed E-state index contributed by atoms with van der Waals surface area (Å²) in [7, 11) is 0. The van der Waals surface area contributed by atoms with Gasteiger partial charge < -0.3 is 9.80 Å². The maximum absolute atomic E-state index is 12.9. The molecule has 0 saturated carbocycles. The van der Waals surface area contributed by atoms with Crippen LogP contribution in [-0.4, -0.2) is 47.0 Å². The summed E-state index contributed by atoms with van der Waals surface area (Å²) < 4.78 is 0. The highest BCUT2D eigenvalue weighted by Crippen LogP contribution is 2.29. The van der Waals surface area contributed by atoms with Gasteiger partial charge in [0.05, 0.1) is 0 Å². The fraction of sp³-hybridized carbons (Fsp3) is 0.207. The Labute approximate surface area is 211 Å². The van der Waals surface area contributed by atoms with Gasteiger partial charge in [0.2, 0.25) is 0 Å². The smallest absolute Gasteiger partial charge is 0.253 e. The fourth-order valence-electron chi connectivity index (χ4n) is 4.46. The number of halogens is 1. The predicted octanol–water partition coefficient (Wildman–Crippen LogP) is 5.66. The van der Waals surface area contributed by atoms with Crippen LogP contribution >= 0.6 is 11.6 Å². The van der Waals surface area contributed by atoms with E-state index in [2.05, 4.69) is 11.8 Å². The molecule has 0 unspecified atom stereocenters. The molecule has 0 aliphatic carbocycles. The molecule has 0 atom stereocenters. The van der Waals surface area contributed by atoms with Crippen molar-refractivity contribution < 1.29 is 4.79 Å². The number of piperazine rings is 1. The topological polar surface area (TPSA) is 49.3 Å². The third kappa shape index (κ3) is 5.20. The van der Waals surface area contributed by atoms with Gasteiger partial charge >= 0.3 is 0 Å². The number of hydrogen-bond acceptors (Lipinski definition) is 4. The molecule has 1 saturated heterocycles. The summed E-state index contributed by atoms with van der Waals surface area (Å²) in [5.74, 6) is 1.74. The number of carbonyl (C=O) groups is 1. The molecular weight excluding hydrogens is 456 g/mol. The van der Waals surface area contributed by atoms with E-state index in [4.69, 9.17) is 21.6 Å². The summed E-state index contributed by atoms with van der Waals surface area (Å²) >= 11 is 6.11. The summed E-state index contributed by atoms with van der Waals surface area (Å²) in [6.07, 6.45) is 0.719. The van der Waals surface area contributed by atoms with Crippen molar-refractivity contribution in [2.45, 2.75) is 13.3 Å². The number of amides is 1. The lowest BCUT2D eigenvalue weighted by Gasteiger charge is -2.36. The Morgan fingerprint density at radius 1 is 0.829 bits per heavy atom. The van der Waals surface area contributed by atoms with Crippen molar-refractivity contribution in [3.8, 4) is 11.4 Å². The van der Waals surface area contributed by atoms with Crippen molar-refractivity contribution in [2.24, 2.45) is 0 Å². The molecule has 5 rings (SSSR count). The molecule has 0 N–H and O–H groups in total. The molecule has 6 heteroatoms. The Morgan fingerprint density at radius 3 is 2.11 bits per heavy atom. The minimum absolute atomic E-state index is 0.0791. The van der Waals surface area contributed by atoms with E-state index in [1.165, 1.54) is 0 Å². The Morgan fingerprint density at radius 2 is 1.46 bits per heavy atom. The number of anilines is 1. The lowest BCUT2D eigenvalue weighted by molar-refractivity contribution is 0.0746. The molecule has 3 aromatic carbocycles. The zero-order valence-corrected chi connectivity index (χ0v) is 20.4. The summed E-state index contributed by atoms with van der Waals surface area (Å²) in [6.45, 7) is 4.79. The summed E-state index contributed by atoms with van der Waals surface area (Å²) in [4.78, 5) is 27.1. The number of nitrogens with zero attached hydrogens (tertiary/aromatic N) is 4. The van der Waals surface area contributed by atoms with Crippen LogP contribution in [0.2, 0.25) is 5.02 Å². The zero-order valence-electron chi connectivity index (χ0n) is 19.7. The highest BCUT2D eigenvalue weighted by molar-refractivity contribution is 6.30. The third-order valence-corrected chi connectivity index (χ3v) is 6.66. The van der Waals surface area contributed by atoms with Crippen molar-refractivity contribution in [1.29, 1.82) is 0 Å². The Bertz CT molecular complexity index is 1300. The first-order chi connectivity index (χ1) is 17.1. The van der Waals surface area contributed by atoms with Gasteiger partial charge in [0.1, 0.15) is 5.82 Å². The van der Waals surface area contributed by atoms with Gasteiger partial charge in [-0.1, -0.05) is 72.3 Å². The van der Waals surface area contributed by atoms with Crippen LogP contribution in [0.25, 0.3) is 11.4 Å². The molecule has 1 fully saturated rings. The highest BCUT2D eigenvalue weighted by Gasteiger charge is 2.26. The highest BCUT2D eigenvalue weighted by atomic mass is 35.5. The van der Waals surface area contributed by atoms with Gasteiger partial charge in [-0.2, -0.15) is 0 Å². The quantitative estimate of drug-likeness (QED) is 0.368. The molecule has 1 amide bonds. The molecule has 0 bridgehead atoms. The normalized spacial score (nSPS) is 13.7. The fourth-order valence-corrected chi connectivity index (χ4v) is 4.58. The van der Waals surface area contributed by atoms with Crippen molar-refractivity contribution >= 4 is 23.3 Å². The van der Waals surface area contributed by atoms with Gasteiger partial charge in [-0.05, 0) is 36.8 Å². The molecule has 5 nitrogen and oxygen atoms in total. The second-order valence-electron chi connectivity index (χ2n) is 8.75. The lowest BCUT2D eigenvalue weighted by Crippen LogP contribution is -2.49. The Hall–Kier alpha value is -3.70. The van der Waals surface area contributed by atoms with E-state index in [-0.39, 0.29) is 5.91 Å². The molecule has 0 radical (unpaired) electrons. The van der Waals surface area contributed by atoms with Crippen LogP contribution in [0.1, 0.15) is 27.2 Å². The van der Waals surface area contributed by atoms with E-state index >= 15 is 0 Å². The van der Waals surface area contributed by atoms with E-state index in [9.17, 15) is 4.79 Å². The summed E-state index contributed by atoms with van der Waals surface area (Å²) in [5, 5.41) is 0.723. The SMILES string of the molecule is Cc1nc(-c2ccccc2)nc(N2CCN(C(=O)c3ccccc3)CC2)c1Cc1ccc(Cl)cc1. The predicted molar refractivity (Wildman–Crippen MR) is 141 cm³/mol. The first-order valence-corrected chi connectivity index (χ1v) is 12.2. The number of hydrogen-bond donors (Lipinski definition) is 0. The van der Waals surface area contributed by atoms with E-state index in [1.807, 2.05) is 89.8 Å². The van der Waals surface area contributed by atoms with Crippen LogP contribution in [0.4, 0.5) is 5.82 Å². The largest absolute Gasteiger partial charge is 0.353 e. The van der Waals surface area contributed by atoms with E-state index in [0.29, 0.717) is 13.1 Å². The maximum atomic E-state index is 12.9. The summed E-state index contributed by atoms with van der Waals surface area (Å²) in [5.41, 5.74) is 4.95. The minimum atomic E-state index is 0.0791. The Balaban J connectivity index is 1.44. The monoisotopic (exact) mass is 482 g/mol. The first kappa shape index (κ1) is 23.1. The summed E-state index contributed by atoms with van der Waals surface area (Å²) in [6, 6.07) is 27.5. The van der Waals surface area contributed by atoms with Gasteiger partial charge in [0, 0.05) is 60.0 Å². The second kappa shape index (κ2) is 10.3. The van der Waals surface area contributed by atoms with Gasteiger partial charge in [-0.3, -0.25) is 4.79 Å². The average molecular weight is 483 g/mol. The molecule has 1 aliphatic heterocycles. The molecule has 1 aliphatic rings. The maximum Gasteiger partial charge on any atom is 0.253 e. The molecule has 176 valence electrons. The number of carbonyl (C=O) groups excluding carboxylic acids is 1. The second-order valence-corrected chi connectivity index (χ2v) is 9.19. The number of aryl methyl sites for hydroxylation is 1. The lowest BCUT2D eigenvalue weighted by atomic mass is 10.0. The first-order valence-electron chi connectivity index (χ1n) is 11.8. The molecular formula is C29H27ClN4O. The van der Waals surface area contributed by atoms with Crippen LogP contribution in [0.5, 0.6) is 0 Å². The Kier molecular flexibility index (Phi) is 6.77. The van der Waals surface area contributed by atoms with Gasteiger partial charge in [0.25, 0.3) is 5.91 Å². The van der Waals surface area contributed by atoms with Crippen molar-refractivity contribution in [3.63, 3.8) is 0 Å². The number of aromatic nitrogens is 2. The van der Waals surface area contributed by atoms with Crippen molar-refractivity contribution in [3.05, 3.63) is 112 Å². The standard InChI is InChI=1S/C29H27ClN4O/c1-21-26(20-22-12-14-25(30)15-13-22)28(32-27(31-21)23-8-4-2-5-9-23)33-16-18-34(19-17-33)29(35)24-10-6-3-7-11-24/h2-15H,16-20H2,1H3. The van der Waals surface area contributed by atoms with Gasteiger partial charge in [-0.15, -0.1) is 0 Å². The van der Waals surface area contributed by atoms with E-state index < -0.39 is 0 Å². The molecule has 4 aromatic rings. The third-order valence-electron chi connectivity index (χ3n) is 6.41. The number of benzene rings is 3. The van der Waals surface area contributed by atoms with E-state index in [1.54, 1.807) is 0 Å². The molecule has 0 spiro atoms. The van der Waals surface area contributed by atoms with Crippen molar-refractivity contribution in [2.75, 3.05) is 31.1 Å². The average Bonchev–Trinajstić information content (AvgIpc) is 2.91. The number of rotatable bonds is 5. The van der Waals surface area contributed by atoms with Crippen LogP contribution in [0.15, 0.2) is 84.9 Å².